The summed E-state index contributed by atoms with van der Waals surface area (Å²) in [5.41, 5.74) is 0. The van der Waals surface area contributed by atoms with E-state index in [4.69, 9.17) is 18.5 Å². The molecule has 0 radical (unpaired) electrons. The summed E-state index contributed by atoms with van der Waals surface area (Å²) in [5, 5.41) is 0. The van der Waals surface area contributed by atoms with Crippen LogP contribution < -0.4 is 4.89 Å². The van der Waals surface area contributed by atoms with Gasteiger partial charge in [-0.1, -0.05) is 276 Å². The molecule has 0 saturated carbocycles. The molecule has 422 valence electrons. The first-order chi connectivity index (χ1) is 34.5. The normalized spacial score (nSPS) is 13.3. The Morgan fingerprint density at radius 1 is 0.423 bits per heavy atom. The lowest BCUT2D eigenvalue weighted by atomic mass is 10.0. The van der Waals surface area contributed by atoms with Crippen LogP contribution in [0.5, 0.6) is 0 Å². The fraction of sp³-hybridized carbons (Fsp3) is 0.934. The van der Waals surface area contributed by atoms with Gasteiger partial charge in [0.1, 0.15) is 19.8 Å². The molecule has 0 bridgehead atoms. The summed E-state index contributed by atoms with van der Waals surface area (Å²) in [5.74, 6) is -0.811. The third kappa shape index (κ3) is 57.9. The quantitative estimate of drug-likeness (QED) is 0.0195. The molecule has 2 unspecified atom stereocenters. The number of carbonyl (C=O) groups is 2. The van der Waals surface area contributed by atoms with Gasteiger partial charge in [0.2, 0.25) is 0 Å². The number of allylic oxidation sites excluding steroid dienone is 2. The van der Waals surface area contributed by atoms with Crippen LogP contribution >= 0.6 is 7.82 Å². The molecule has 0 aromatic carbocycles. The Balaban J connectivity index is 4.04. The maximum atomic E-state index is 12.8. The minimum Gasteiger partial charge on any atom is -0.756 e. The molecule has 0 aliphatic heterocycles. The molecular weight excluding hydrogens is 906 g/mol. The average Bonchev–Trinajstić information content (AvgIpc) is 3.33. The lowest BCUT2D eigenvalue weighted by Crippen LogP contribution is -2.37. The Hall–Kier alpha value is -1.25. The molecule has 71 heavy (non-hydrogen) atoms. The van der Waals surface area contributed by atoms with E-state index in [1.165, 1.54) is 250 Å². The fourth-order valence-electron chi connectivity index (χ4n) is 9.24. The first-order valence-electron chi connectivity index (χ1n) is 30.9. The molecule has 0 aromatic heterocycles. The predicted molar refractivity (Wildman–Crippen MR) is 301 cm³/mol. The number of esters is 2. The number of unbranched alkanes of at least 4 members (excludes halogenated alkanes) is 42. The Morgan fingerprint density at radius 2 is 0.718 bits per heavy atom. The van der Waals surface area contributed by atoms with E-state index in [0.29, 0.717) is 17.4 Å². The zero-order chi connectivity index (χ0) is 52.0. The highest BCUT2D eigenvalue weighted by atomic mass is 31.2. The number of phosphoric acid groups is 1. The van der Waals surface area contributed by atoms with Gasteiger partial charge in [-0.3, -0.25) is 14.2 Å². The van der Waals surface area contributed by atoms with Crippen LogP contribution in [0.1, 0.15) is 316 Å². The van der Waals surface area contributed by atoms with Crippen molar-refractivity contribution in [3.05, 3.63) is 12.2 Å². The summed E-state index contributed by atoms with van der Waals surface area (Å²) in [6.45, 7) is 4.31. The van der Waals surface area contributed by atoms with Gasteiger partial charge in [-0.25, -0.2) is 0 Å². The van der Waals surface area contributed by atoms with Crippen LogP contribution in [0.25, 0.3) is 0 Å². The summed E-state index contributed by atoms with van der Waals surface area (Å²) in [6.07, 6.45) is 62.7. The molecule has 0 rings (SSSR count). The largest absolute Gasteiger partial charge is 0.756 e. The van der Waals surface area contributed by atoms with Crippen molar-refractivity contribution in [2.24, 2.45) is 0 Å². The van der Waals surface area contributed by atoms with Crippen molar-refractivity contribution in [1.29, 1.82) is 0 Å². The number of phosphoric ester groups is 1. The average molecular weight is 1030 g/mol. The first kappa shape index (κ1) is 69.8. The zero-order valence-electron chi connectivity index (χ0n) is 48.0. The Kier molecular flexibility index (Phi) is 52.6. The molecule has 0 fully saturated rings. The summed E-state index contributed by atoms with van der Waals surface area (Å²) in [6, 6.07) is 0. The highest BCUT2D eigenvalue weighted by Gasteiger charge is 2.22. The maximum Gasteiger partial charge on any atom is 0.306 e. The van der Waals surface area contributed by atoms with E-state index < -0.39 is 26.5 Å². The van der Waals surface area contributed by atoms with Gasteiger partial charge >= 0.3 is 11.9 Å². The Morgan fingerprint density at radius 3 is 1.04 bits per heavy atom. The molecule has 0 spiro atoms. The maximum absolute atomic E-state index is 12.8. The second-order valence-corrected chi connectivity index (χ2v) is 23.8. The number of nitrogens with zero attached hydrogens (tertiary/aromatic N) is 1. The summed E-state index contributed by atoms with van der Waals surface area (Å²) < 4.78 is 34.2. The second-order valence-electron chi connectivity index (χ2n) is 22.4. The molecule has 0 amide bonds. The molecule has 0 heterocycles. The first-order valence-corrected chi connectivity index (χ1v) is 32.4. The van der Waals surface area contributed by atoms with Gasteiger partial charge in [0.15, 0.2) is 6.10 Å². The van der Waals surface area contributed by atoms with Crippen LogP contribution in [0, 0.1) is 0 Å². The molecule has 0 saturated heterocycles. The SMILES string of the molecule is CCCCCCCCCC/C=C\CCCCCCCCCCCCCCCCCCCC(=O)OC(COC(=O)CCCCCCCCCCCCCCCCCCCC)COP(=O)([O-])OCC[N+](C)(C)C. The van der Waals surface area contributed by atoms with Crippen LogP contribution in [-0.4, -0.2) is 70.0 Å². The molecule has 0 aliphatic rings. The molecule has 0 aliphatic carbocycles. The van der Waals surface area contributed by atoms with Crippen molar-refractivity contribution < 1.29 is 42.1 Å². The third-order valence-corrected chi connectivity index (χ3v) is 15.0. The van der Waals surface area contributed by atoms with Crippen LogP contribution in [0.2, 0.25) is 0 Å². The van der Waals surface area contributed by atoms with E-state index in [9.17, 15) is 19.0 Å². The fourth-order valence-corrected chi connectivity index (χ4v) is 9.97. The number of rotatable bonds is 58. The number of hydrogen-bond donors (Lipinski definition) is 0. The van der Waals surface area contributed by atoms with Gasteiger partial charge < -0.3 is 27.9 Å². The highest BCUT2D eigenvalue weighted by Crippen LogP contribution is 2.38. The van der Waals surface area contributed by atoms with Gasteiger partial charge in [0.25, 0.3) is 7.82 Å². The van der Waals surface area contributed by atoms with Crippen molar-refractivity contribution in [2.75, 3.05) is 47.5 Å². The third-order valence-electron chi connectivity index (χ3n) is 14.0. The van der Waals surface area contributed by atoms with Gasteiger partial charge in [0.05, 0.1) is 27.7 Å². The summed E-state index contributed by atoms with van der Waals surface area (Å²) >= 11 is 0. The van der Waals surface area contributed by atoms with Gasteiger partial charge in [-0.2, -0.15) is 0 Å². The number of likely N-dealkylation sites (N-methyl/N-ethyl adjacent to an activating group) is 1. The van der Waals surface area contributed by atoms with E-state index in [-0.39, 0.29) is 32.0 Å². The number of hydrogen-bond acceptors (Lipinski definition) is 8. The van der Waals surface area contributed by atoms with E-state index in [0.717, 1.165) is 32.1 Å². The van der Waals surface area contributed by atoms with Crippen molar-refractivity contribution in [3.8, 4) is 0 Å². The van der Waals surface area contributed by atoms with Crippen LogP contribution in [0.15, 0.2) is 12.2 Å². The number of ether oxygens (including phenoxy) is 2. The summed E-state index contributed by atoms with van der Waals surface area (Å²) in [7, 11) is 1.19. The van der Waals surface area contributed by atoms with Gasteiger partial charge in [0, 0.05) is 12.8 Å². The minimum atomic E-state index is -4.63. The molecule has 9 nitrogen and oxygen atoms in total. The second kappa shape index (κ2) is 53.6. The smallest absolute Gasteiger partial charge is 0.306 e. The Labute approximate surface area is 441 Å². The van der Waals surface area contributed by atoms with E-state index in [2.05, 4.69) is 26.0 Å². The standard InChI is InChI=1S/C61H120NO8P/c1-6-8-10-12-14-16-18-20-22-24-26-27-28-29-30-31-32-33-34-35-36-38-40-42-44-46-48-50-52-54-61(64)70-59(58-69-71(65,66)68-56-55-62(3,4)5)57-67-60(63)53-51-49-47-45-43-41-39-37-25-23-21-19-17-15-13-11-9-7-2/h24,26,59H,6-23,25,27-58H2,1-5H3/b26-24-. The molecule has 2 atom stereocenters. The van der Waals surface area contributed by atoms with Crippen LogP contribution in [0.4, 0.5) is 0 Å². The number of carbonyl (C=O) groups excluding carboxylic acids is 2. The molecule has 0 N–H and O–H groups in total. The minimum absolute atomic E-state index is 0.0262. The van der Waals surface area contributed by atoms with Crippen LogP contribution in [0.3, 0.4) is 0 Å². The molecule has 0 aromatic rings. The zero-order valence-corrected chi connectivity index (χ0v) is 48.8. The summed E-state index contributed by atoms with van der Waals surface area (Å²) in [4.78, 5) is 37.9. The van der Waals surface area contributed by atoms with Crippen molar-refractivity contribution in [3.63, 3.8) is 0 Å². The van der Waals surface area contributed by atoms with Gasteiger partial charge in [-0.15, -0.1) is 0 Å². The number of quaternary nitrogens is 1. The van der Waals surface area contributed by atoms with Crippen molar-refractivity contribution in [2.45, 2.75) is 322 Å². The lowest BCUT2D eigenvalue weighted by molar-refractivity contribution is -0.870. The Bertz CT molecular complexity index is 1210. The highest BCUT2D eigenvalue weighted by molar-refractivity contribution is 7.45. The van der Waals surface area contributed by atoms with Crippen LogP contribution in [-0.2, 0) is 32.7 Å². The van der Waals surface area contributed by atoms with E-state index in [1.54, 1.807) is 0 Å². The monoisotopic (exact) mass is 1030 g/mol. The van der Waals surface area contributed by atoms with Crippen molar-refractivity contribution >= 4 is 19.8 Å². The predicted octanol–water partition coefficient (Wildman–Crippen LogP) is 18.6. The lowest BCUT2D eigenvalue weighted by Gasteiger charge is -2.28. The molecular formula is C61H120NO8P. The molecule has 10 heteroatoms. The topological polar surface area (TPSA) is 111 Å². The van der Waals surface area contributed by atoms with E-state index in [1.807, 2.05) is 21.1 Å². The van der Waals surface area contributed by atoms with Crippen molar-refractivity contribution in [1.82, 2.24) is 0 Å². The van der Waals surface area contributed by atoms with Gasteiger partial charge in [-0.05, 0) is 38.5 Å². The van der Waals surface area contributed by atoms with E-state index >= 15 is 0 Å².